The van der Waals surface area contributed by atoms with Crippen LogP contribution in [0.3, 0.4) is 0 Å². The maximum atomic E-state index is 13.8. The maximum Gasteiger partial charge on any atom is 0.252 e. The molecule has 31 heavy (non-hydrogen) atoms. The van der Waals surface area contributed by atoms with Crippen LogP contribution in [0.1, 0.15) is 38.5 Å². The summed E-state index contributed by atoms with van der Waals surface area (Å²) in [5.74, 6) is 0.590. The number of hydrogen-bond acceptors (Lipinski definition) is 5. The summed E-state index contributed by atoms with van der Waals surface area (Å²) < 4.78 is 21.3. The second kappa shape index (κ2) is 9.09. The van der Waals surface area contributed by atoms with Gasteiger partial charge in [-0.3, -0.25) is 4.79 Å². The Labute approximate surface area is 183 Å². The molecule has 1 amide bonds. The quantitative estimate of drug-likeness (QED) is 0.466. The van der Waals surface area contributed by atoms with Gasteiger partial charge in [0.2, 0.25) is 0 Å². The highest BCUT2D eigenvalue weighted by molar-refractivity contribution is 7.09. The number of nitrogens with zero attached hydrogens (tertiary/aromatic N) is 3. The molecule has 158 valence electrons. The fraction of sp³-hybridized carbons (Fsp3) is 0.174. The smallest absolute Gasteiger partial charge is 0.252 e. The summed E-state index contributed by atoms with van der Waals surface area (Å²) in [7, 11) is 1.83. The molecule has 0 unspecified atom stereocenters. The van der Waals surface area contributed by atoms with Crippen molar-refractivity contribution in [2.24, 2.45) is 7.05 Å². The van der Waals surface area contributed by atoms with Gasteiger partial charge in [0, 0.05) is 30.4 Å². The molecule has 4 aromatic rings. The first kappa shape index (κ1) is 20.7. The van der Waals surface area contributed by atoms with E-state index in [2.05, 4.69) is 15.3 Å². The fourth-order valence-electron chi connectivity index (χ4n) is 3.19. The molecule has 0 saturated carbocycles. The molecule has 0 bridgehead atoms. The fourth-order valence-corrected chi connectivity index (χ4v) is 3.78. The number of carbonyl (C=O) groups excluding carboxylic acids is 1. The Balaban J connectivity index is 1.48. The second-order valence-corrected chi connectivity index (χ2v) is 8.09. The number of amides is 1. The highest BCUT2D eigenvalue weighted by Crippen LogP contribution is 2.22. The highest BCUT2D eigenvalue weighted by atomic mass is 32.1. The lowest BCUT2D eigenvalue weighted by atomic mass is 10.0. The maximum absolute atomic E-state index is 13.8. The lowest BCUT2D eigenvalue weighted by Crippen LogP contribution is -2.31. The van der Waals surface area contributed by atoms with Gasteiger partial charge in [0.1, 0.15) is 30.0 Å². The Morgan fingerprint density at radius 1 is 1.26 bits per heavy atom. The lowest BCUT2D eigenvalue weighted by molar-refractivity contribution is 0.0941. The van der Waals surface area contributed by atoms with Crippen LogP contribution in [0.25, 0.3) is 0 Å². The van der Waals surface area contributed by atoms with Crippen LogP contribution >= 0.6 is 11.3 Å². The Bertz CT molecular complexity index is 1190. The molecule has 8 heteroatoms. The number of imidazole rings is 1. The van der Waals surface area contributed by atoms with E-state index < -0.39 is 6.04 Å². The third-order valence-electron chi connectivity index (χ3n) is 4.74. The summed E-state index contributed by atoms with van der Waals surface area (Å²) in [5.41, 5.74) is 1.95. The van der Waals surface area contributed by atoms with Crippen LogP contribution < -0.4 is 10.1 Å². The minimum Gasteiger partial charge on any atom is -0.487 e. The van der Waals surface area contributed by atoms with Gasteiger partial charge in [0.05, 0.1) is 10.7 Å². The van der Waals surface area contributed by atoms with Gasteiger partial charge in [-0.2, -0.15) is 0 Å². The number of thiazole rings is 1. The van der Waals surface area contributed by atoms with Crippen LogP contribution in [-0.4, -0.2) is 20.4 Å². The average molecular weight is 437 g/mol. The summed E-state index contributed by atoms with van der Waals surface area (Å²) in [6, 6.07) is 12.4. The standard InChI is InChI=1S/C23H21FN4O2S/c1-15-26-19(14-31-15)13-30-20-8-6-16(7-9-20)23(29)27-21(22-25-10-11-28(22)2)17-4-3-5-18(24)12-17/h3-12,14,21H,13H2,1-2H3,(H,27,29)/t21-/m0/s1. The van der Waals surface area contributed by atoms with Crippen LogP contribution in [0.4, 0.5) is 4.39 Å². The molecular weight excluding hydrogens is 415 g/mol. The van der Waals surface area contributed by atoms with Crippen molar-refractivity contribution in [3.8, 4) is 5.75 Å². The molecule has 1 N–H and O–H groups in total. The summed E-state index contributed by atoms with van der Waals surface area (Å²) in [4.78, 5) is 21.6. The molecule has 2 heterocycles. The van der Waals surface area contributed by atoms with Crippen molar-refractivity contribution in [2.75, 3.05) is 0 Å². The molecule has 2 aromatic heterocycles. The van der Waals surface area contributed by atoms with Crippen molar-refractivity contribution in [3.05, 3.63) is 99.8 Å². The predicted molar refractivity (Wildman–Crippen MR) is 117 cm³/mol. The molecule has 0 spiro atoms. The van der Waals surface area contributed by atoms with Crippen LogP contribution in [0.2, 0.25) is 0 Å². The molecule has 0 aliphatic rings. The second-order valence-electron chi connectivity index (χ2n) is 7.03. The van der Waals surface area contributed by atoms with Crippen LogP contribution in [0.15, 0.2) is 66.3 Å². The van der Waals surface area contributed by atoms with Gasteiger partial charge in [-0.15, -0.1) is 11.3 Å². The first-order chi connectivity index (χ1) is 15.0. The number of benzene rings is 2. The minimum atomic E-state index is -0.591. The zero-order valence-electron chi connectivity index (χ0n) is 17.1. The van der Waals surface area contributed by atoms with E-state index in [4.69, 9.17) is 4.74 Å². The van der Waals surface area contributed by atoms with Crippen LogP contribution in [-0.2, 0) is 13.7 Å². The molecule has 0 saturated heterocycles. The lowest BCUT2D eigenvalue weighted by Gasteiger charge is -2.19. The minimum absolute atomic E-state index is 0.293. The number of nitrogens with one attached hydrogen (secondary N) is 1. The van der Waals surface area contributed by atoms with Gasteiger partial charge < -0.3 is 14.6 Å². The summed E-state index contributed by atoms with van der Waals surface area (Å²) in [5, 5.41) is 5.91. The molecule has 0 aliphatic heterocycles. The number of hydrogen-bond donors (Lipinski definition) is 1. The van der Waals surface area contributed by atoms with Gasteiger partial charge in [0.25, 0.3) is 5.91 Å². The summed E-state index contributed by atoms with van der Waals surface area (Å²) >= 11 is 1.58. The van der Waals surface area contributed by atoms with E-state index in [1.807, 2.05) is 19.4 Å². The van der Waals surface area contributed by atoms with E-state index in [1.54, 1.807) is 64.7 Å². The number of halogens is 1. The molecule has 0 fully saturated rings. The summed E-state index contributed by atoms with van der Waals surface area (Å²) in [6.45, 7) is 2.32. The molecule has 1 atom stereocenters. The largest absolute Gasteiger partial charge is 0.487 e. The van der Waals surface area contributed by atoms with Crippen molar-refractivity contribution < 1.29 is 13.9 Å². The SMILES string of the molecule is Cc1nc(COc2ccc(C(=O)N[C@@H](c3cccc(F)c3)c3nccn3C)cc2)cs1. The van der Waals surface area contributed by atoms with Gasteiger partial charge in [0.15, 0.2) is 0 Å². The normalized spacial score (nSPS) is 11.8. The zero-order valence-corrected chi connectivity index (χ0v) is 17.9. The molecule has 2 aromatic carbocycles. The number of aromatic nitrogens is 3. The van der Waals surface area contributed by atoms with Crippen molar-refractivity contribution in [3.63, 3.8) is 0 Å². The third kappa shape index (κ3) is 4.97. The zero-order chi connectivity index (χ0) is 21.8. The van der Waals surface area contributed by atoms with Crippen molar-refractivity contribution >= 4 is 17.2 Å². The van der Waals surface area contributed by atoms with Gasteiger partial charge in [-0.05, 0) is 48.9 Å². The van der Waals surface area contributed by atoms with Crippen molar-refractivity contribution in [1.82, 2.24) is 19.9 Å². The predicted octanol–water partition coefficient (Wildman–Crippen LogP) is 4.42. The highest BCUT2D eigenvalue weighted by Gasteiger charge is 2.22. The van der Waals surface area contributed by atoms with Gasteiger partial charge >= 0.3 is 0 Å². The van der Waals surface area contributed by atoms with Gasteiger partial charge in [-0.25, -0.2) is 14.4 Å². The average Bonchev–Trinajstić information content (AvgIpc) is 3.38. The van der Waals surface area contributed by atoms with Crippen LogP contribution in [0, 0.1) is 12.7 Å². The van der Waals surface area contributed by atoms with Gasteiger partial charge in [-0.1, -0.05) is 12.1 Å². The topological polar surface area (TPSA) is 69.0 Å². The molecule has 4 rings (SSSR count). The van der Waals surface area contributed by atoms with E-state index in [0.29, 0.717) is 29.3 Å². The molecule has 0 radical (unpaired) electrons. The number of rotatable bonds is 7. The summed E-state index contributed by atoms with van der Waals surface area (Å²) in [6.07, 6.45) is 3.42. The first-order valence-corrected chi connectivity index (χ1v) is 10.5. The Morgan fingerprint density at radius 3 is 2.71 bits per heavy atom. The van der Waals surface area contributed by atoms with Crippen molar-refractivity contribution in [1.29, 1.82) is 0 Å². The number of aryl methyl sites for hydroxylation is 2. The Kier molecular flexibility index (Phi) is 6.08. The van der Waals surface area contributed by atoms with E-state index in [9.17, 15) is 9.18 Å². The molecule has 6 nitrogen and oxygen atoms in total. The van der Waals surface area contributed by atoms with Crippen molar-refractivity contribution in [2.45, 2.75) is 19.6 Å². The molecular formula is C23H21FN4O2S. The van der Waals surface area contributed by atoms with Crippen LogP contribution in [0.5, 0.6) is 5.75 Å². The monoisotopic (exact) mass is 436 g/mol. The van der Waals surface area contributed by atoms with E-state index >= 15 is 0 Å². The first-order valence-electron chi connectivity index (χ1n) is 9.67. The Morgan fingerprint density at radius 2 is 2.06 bits per heavy atom. The number of ether oxygens (including phenoxy) is 1. The molecule has 0 aliphatic carbocycles. The van der Waals surface area contributed by atoms with E-state index in [-0.39, 0.29) is 11.7 Å². The van der Waals surface area contributed by atoms with E-state index in [0.717, 1.165) is 10.7 Å². The van der Waals surface area contributed by atoms with E-state index in [1.165, 1.54) is 12.1 Å². The third-order valence-corrected chi connectivity index (χ3v) is 5.57. The number of carbonyl (C=O) groups is 1. The Hall–Kier alpha value is -3.52.